The maximum absolute atomic E-state index is 13.8. The molecule has 0 bridgehead atoms. The minimum absolute atomic E-state index is 0.214. The normalized spacial score (nSPS) is 11.0. The number of carbonyl (C=O) groups excluding carboxylic acids is 1. The van der Waals surface area contributed by atoms with E-state index in [1.807, 2.05) is 42.7 Å². The number of nitrogens with zero attached hydrogens (tertiary/aromatic N) is 1. The van der Waals surface area contributed by atoms with Crippen LogP contribution in [0.15, 0.2) is 48.5 Å². The quantitative estimate of drug-likeness (QED) is 0.686. The number of carboxylic acids is 1. The minimum atomic E-state index is -1.19. The van der Waals surface area contributed by atoms with Crippen molar-refractivity contribution in [2.45, 2.75) is 40.4 Å². The Hall–Kier alpha value is -2.92. The van der Waals surface area contributed by atoms with Crippen LogP contribution in [0.3, 0.4) is 0 Å². The number of halogens is 1. The predicted octanol–water partition coefficient (Wildman–Crippen LogP) is 3.25. The first-order valence-corrected chi connectivity index (χ1v) is 9.28. The van der Waals surface area contributed by atoms with Gasteiger partial charge in [-0.05, 0) is 38.0 Å². The van der Waals surface area contributed by atoms with Gasteiger partial charge in [0.25, 0.3) is 0 Å². The van der Waals surface area contributed by atoms with Crippen molar-refractivity contribution in [3.05, 3.63) is 93.6 Å². The summed E-state index contributed by atoms with van der Waals surface area (Å²) in [6.07, 6.45) is 0. The zero-order chi connectivity index (χ0) is 20.3. The minimum Gasteiger partial charge on any atom is -0.545 e. The summed E-state index contributed by atoms with van der Waals surface area (Å²) in [4.78, 5) is 11.8. The molecule has 3 aromatic rings. The van der Waals surface area contributed by atoms with E-state index in [0.717, 1.165) is 11.3 Å². The second-order valence-corrected chi connectivity index (χ2v) is 7.08. The van der Waals surface area contributed by atoms with Gasteiger partial charge in [0.15, 0.2) is 0 Å². The lowest BCUT2D eigenvalue weighted by atomic mass is 10.1. The SMILES string of the molecule is Cc1ccc(Cn2c(C)c(CNCc3ccccc3F)c(C(=O)[O-])c2C)cc1. The van der Waals surface area contributed by atoms with Crippen LogP contribution in [0, 0.1) is 26.6 Å². The highest BCUT2D eigenvalue weighted by Crippen LogP contribution is 2.23. The number of carbonyl (C=O) groups is 1. The maximum atomic E-state index is 13.8. The van der Waals surface area contributed by atoms with Gasteiger partial charge in [0.2, 0.25) is 0 Å². The van der Waals surface area contributed by atoms with Crippen molar-refractivity contribution < 1.29 is 14.3 Å². The van der Waals surface area contributed by atoms with Crippen LogP contribution in [-0.4, -0.2) is 10.5 Å². The Morgan fingerprint density at radius 2 is 1.68 bits per heavy atom. The van der Waals surface area contributed by atoms with Gasteiger partial charge in [0.05, 0.1) is 5.97 Å². The second-order valence-electron chi connectivity index (χ2n) is 7.08. The Kier molecular flexibility index (Phi) is 5.95. The molecule has 146 valence electrons. The molecule has 1 heterocycles. The van der Waals surface area contributed by atoms with Crippen molar-refractivity contribution in [1.29, 1.82) is 0 Å². The van der Waals surface area contributed by atoms with Gasteiger partial charge in [-0.25, -0.2) is 4.39 Å². The molecule has 0 unspecified atom stereocenters. The van der Waals surface area contributed by atoms with Crippen molar-refractivity contribution in [3.63, 3.8) is 0 Å². The van der Waals surface area contributed by atoms with Crippen molar-refractivity contribution in [2.75, 3.05) is 0 Å². The zero-order valence-corrected chi connectivity index (χ0v) is 16.4. The molecule has 0 amide bonds. The molecule has 0 aliphatic carbocycles. The third kappa shape index (κ3) is 4.15. The number of nitrogens with one attached hydrogen (secondary N) is 1. The number of hydrogen-bond donors (Lipinski definition) is 1. The Labute approximate surface area is 164 Å². The standard InChI is InChI=1S/C23H25FN2O2/c1-15-8-10-18(11-9-15)14-26-16(2)20(22(17(26)3)23(27)28)13-25-12-19-6-4-5-7-21(19)24/h4-11,25H,12-14H2,1-3H3,(H,27,28)/p-1. The lowest BCUT2D eigenvalue weighted by Gasteiger charge is -2.11. The summed E-state index contributed by atoms with van der Waals surface area (Å²) in [6, 6.07) is 14.7. The molecular formula is C23H24FN2O2-. The van der Waals surface area contributed by atoms with Crippen LogP contribution in [0.5, 0.6) is 0 Å². The highest BCUT2D eigenvalue weighted by molar-refractivity contribution is 5.89. The number of rotatable bonds is 7. The van der Waals surface area contributed by atoms with E-state index >= 15 is 0 Å². The molecule has 5 heteroatoms. The van der Waals surface area contributed by atoms with E-state index in [0.29, 0.717) is 36.5 Å². The van der Waals surface area contributed by atoms with Crippen LogP contribution >= 0.6 is 0 Å². The van der Waals surface area contributed by atoms with Crippen LogP contribution in [0.1, 0.15) is 44.0 Å². The molecule has 0 fully saturated rings. The molecule has 0 saturated heterocycles. The summed E-state index contributed by atoms with van der Waals surface area (Å²) < 4.78 is 15.8. The van der Waals surface area contributed by atoms with E-state index in [1.165, 1.54) is 11.6 Å². The van der Waals surface area contributed by atoms with Crippen LogP contribution < -0.4 is 10.4 Å². The molecule has 0 aliphatic heterocycles. The Balaban J connectivity index is 1.84. The fourth-order valence-corrected chi connectivity index (χ4v) is 3.51. The fourth-order valence-electron chi connectivity index (χ4n) is 3.51. The van der Waals surface area contributed by atoms with Gasteiger partial charge in [-0.2, -0.15) is 0 Å². The molecule has 0 aliphatic rings. The Morgan fingerprint density at radius 1 is 1.00 bits per heavy atom. The van der Waals surface area contributed by atoms with Gasteiger partial charge in [0.1, 0.15) is 5.82 Å². The molecule has 1 N–H and O–H groups in total. The van der Waals surface area contributed by atoms with Gasteiger partial charge >= 0.3 is 0 Å². The van der Waals surface area contributed by atoms with Gasteiger partial charge in [0, 0.05) is 42.1 Å². The topological polar surface area (TPSA) is 57.1 Å². The predicted molar refractivity (Wildman–Crippen MR) is 105 cm³/mol. The second kappa shape index (κ2) is 8.40. The van der Waals surface area contributed by atoms with E-state index in [2.05, 4.69) is 5.32 Å². The average molecular weight is 379 g/mol. The molecule has 1 aromatic heterocycles. The van der Waals surface area contributed by atoms with E-state index < -0.39 is 5.97 Å². The van der Waals surface area contributed by atoms with Gasteiger partial charge in [-0.3, -0.25) is 0 Å². The number of aromatic carboxylic acids is 1. The largest absolute Gasteiger partial charge is 0.545 e. The lowest BCUT2D eigenvalue weighted by molar-refractivity contribution is -0.255. The summed E-state index contributed by atoms with van der Waals surface area (Å²) in [5.41, 5.74) is 5.26. The summed E-state index contributed by atoms with van der Waals surface area (Å²) in [5.74, 6) is -1.47. The van der Waals surface area contributed by atoms with E-state index in [1.54, 1.807) is 25.1 Å². The van der Waals surface area contributed by atoms with Crippen molar-refractivity contribution >= 4 is 5.97 Å². The van der Waals surface area contributed by atoms with Crippen LogP contribution in [0.25, 0.3) is 0 Å². The van der Waals surface area contributed by atoms with Gasteiger partial charge < -0.3 is 19.8 Å². The highest BCUT2D eigenvalue weighted by Gasteiger charge is 2.18. The van der Waals surface area contributed by atoms with Crippen molar-refractivity contribution in [3.8, 4) is 0 Å². The Bertz CT molecular complexity index is 991. The maximum Gasteiger partial charge on any atom is 0.127 e. The molecule has 0 radical (unpaired) electrons. The molecule has 4 nitrogen and oxygen atoms in total. The number of aromatic nitrogens is 1. The van der Waals surface area contributed by atoms with E-state index in [9.17, 15) is 14.3 Å². The number of aryl methyl sites for hydroxylation is 1. The van der Waals surface area contributed by atoms with Gasteiger partial charge in [-0.1, -0.05) is 48.0 Å². The molecule has 3 rings (SSSR count). The third-order valence-corrected chi connectivity index (χ3v) is 5.15. The third-order valence-electron chi connectivity index (χ3n) is 5.15. The van der Waals surface area contributed by atoms with Crippen molar-refractivity contribution in [2.24, 2.45) is 0 Å². The summed E-state index contributed by atoms with van der Waals surface area (Å²) in [7, 11) is 0. The molecule has 0 atom stereocenters. The fraction of sp³-hybridized carbons (Fsp3) is 0.261. The lowest BCUT2D eigenvalue weighted by Crippen LogP contribution is -2.25. The van der Waals surface area contributed by atoms with E-state index in [4.69, 9.17) is 0 Å². The smallest absolute Gasteiger partial charge is 0.127 e. The summed E-state index contributed by atoms with van der Waals surface area (Å²) in [5, 5.41) is 14.9. The zero-order valence-electron chi connectivity index (χ0n) is 16.4. The van der Waals surface area contributed by atoms with Crippen LogP contribution in [0.4, 0.5) is 4.39 Å². The molecule has 0 saturated carbocycles. The molecular weight excluding hydrogens is 355 g/mol. The number of hydrogen-bond acceptors (Lipinski definition) is 3. The monoisotopic (exact) mass is 379 g/mol. The number of carboxylic acid groups (broad SMARTS) is 1. The first kappa shape index (κ1) is 19.8. The molecule has 28 heavy (non-hydrogen) atoms. The molecule has 0 spiro atoms. The summed E-state index contributed by atoms with van der Waals surface area (Å²) >= 11 is 0. The van der Waals surface area contributed by atoms with Crippen LogP contribution in [0.2, 0.25) is 0 Å². The molecule has 2 aromatic carbocycles. The number of benzene rings is 2. The first-order chi connectivity index (χ1) is 13.4. The Morgan fingerprint density at radius 3 is 2.32 bits per heavy atom. The first-order valence-electron chi connectivity index (χ1n) is 9.28. The van der Waals surface area contributed by atoms with Crippen molar-refractivity contribution in [1.82, 2.24) is 9.88 Å². The average Bonchev–Trinajstić information content (AvgIpc) is 2.89. The highest BCUT2D eigenvalue weighted by atomic mass is 19.1. The van der Waals surface area contributed by atoms with E-state index in [-0.39, 0.29) is 11.4 Å². The van der Waals surface area contributed by atoms with Crippen LogP contribution in [-0.2, 0) is 19.6 Å². The summed E-state index contributed by atoms with van der Waals surface area (Å²) in [6.45, 7) is 6.97. The van der Waals surface area contributed by atoms with Gasteiger partial charge in [-0.15, -0.1) is 0 Å².